The largest absolute Gasteiger partial charge is 0.342 e. The molecule has 1 aliphatic heterocycles. The van der Waals surface area contributed by atoms with Crippen molar-refractivity contribution in [3.63, 3.8) is 0 Å². The Kier molecular flexibility index (Phi) is 7.58. The summed E-state index contributed by atoms with van der Waals surface area (Å²) in [6.45, 7) is 1.23. The molecule has 1 N–H and O–H groups in total. The number of piperidine rings is 1. The van der Waals surface area contributed by atoms with Gasteiger partial charge in [-0.3, -0.25) is 9.59 Å². The number of hydrogen-bond donors (Lipinski definition) is 1. The van der Waals surface area contributed by atoms with E-state index in [1.54, 1.807) is 12.1 Å². The fourth-order valence-corrected chi connectivity index (χ4v) is 6.57. The number of aromatic nitrogens is 1. The summed E-state index contributed by atoms with van der Waals surface area (Å²) in [5, 5.41) is 3.33. The molecule has 7 nitrogen and oxygen atoms in total. The van der Waals surface area contributed by atoms with E-state index >= 15 is 0 Å². The first-order chi connectivity index (χ1) is 18.3. The number of likely N-dealkylation sites (tertiary alicyclic amines) is 1. The van der Waals surface area contributed by atoms with Gasteiger partial charge in [-0.05, 0) is 48.1 Å². The van der Waals surface area contributed by atoms with E-state index in [2.05, 4.69) is 10.3 Å². The molecule has 0 atom stereocenters. The van der Waals surface area contributed by atoms with Crippen LogP contribution in [0.4, 0.5) is 5.13 Å². The SMILES string of the molecule is CS(=O)(=O)c1ccc2nc(NC(=O)CC3CCN(C(=O)C(c4ccccc4)c4ccccc4)CC3)sc2c1. The summed E-state index contributed by atoms with van der Waals surface area (Å²) in [6, 6.07) is 24.5. The summed E-state index contributed by atoms with van der Waals surface area (Å²) in [7, 11) is -3.31. The Morgan fingerprint density at radius 2 is 1.58 bits per heavy atom. The van der Waals surface area contributed by atoms with Crippen LogP contribution in [0.5, 0.6) is 0 Å². The Hall–Kier alpha value is -3.56. The second-order valence-electron chi connectivity index (χ2n) is 9.70. The summed E-state index contributed by atoms with van der Waals surface area (Å²) < 4.78 is 24.3. The van der Waals surface area contributed by atoms with Crippen molar-refractivity contribution in [2.24, 2.45) is 5.92 Å². The van der Waals surface area contributed by atoms with Crippen LogP contribution < -0.4 is 5.32 Å². The number of benzene rings is 3. The molecule has 1 fully saturated rings. The lowest BCUT2D eigenvalue weighted by atomic mass is 9.88. The molecule has 0 unspecified atom stereocenters. The zero-order valence-corrected chi connectivity index (χ0v) is 22.7. The molecular formula is C29H29N3O4S2. The zero-order chi connectivity index (χ0) is 26.7. The molecule has 5 rings (SSSR count). The molecule has 9 heteroatoms. The van der Waals surface area contributed by atoms with Gasteiger partial charge in [0.15, 0.2) is 15.0 Å². The third kappa shape index (κ3) is 5.95. The van der Waals surface area contributed by atoms with Gasteiger partial charge in [-0.1, -0.05) is 72.0 Å². The minimum Gasteiger partial charge on any atom is -0.342 e. The quantitative estimate of drug-likeness (QED) is 0.347. The first-order valence-corrected chi connectivity index (χ1v) is 15.3. The smallest absolute Gasteiger partial charge is 0.234 e. The number of amides is 2. The Balaban J connectivity index is 1.19. The predicted molar refractivity (Wildman–Crippen MR) is 150 cm³/mol. The highest BCUT2D eigenvalue weighted by Gasteiger charge is 2.31. The molecule has 2 heterocycles. The first-order valence-electron chi connectivity index (χ1n) is 12.6. The molecule has 0 radical (unpaired) electrons. The van der Waals surface area contributed by atoms with Crippen LogP contribution in [-0.4, -0.2) is 49.5 Å². The van der Waals surface area contributed by atoms with Crippen molar-refractivity contribution in [3.8, 4) is 0 Å². The molecule has 0 bridgehead atoms. The number of hydrogen-bond acceptors (Lipinski definition) is 6. The highest BCUT2D eigenvalue weighted by Crippen LogP contribution is 2.31. The van der Waals surface area contributed by atoms with Crippen molar-refractivity contribution in [1.29, 1.82) is 0 Å². The fraction of sp³-hybridized carbons (Fsp3) is 0.276. The number of carbonyl (C=O) groups is 2. The van der Waals surface area contributed by atoms with Gasteiger partial charge in [-0.25, -0.2) is 13.4 Å². The highest BCUT2D eigenvalue weighted by molar-refractivity contribution is 7.90. The number of rotatable bonds is 7. The van der Waals surface area contributed by atoms with E-state index in [4.69, 9.17) is 0 Å². The first kappa shape index (κ1) is 26.1. The molecule has 1 aliphatic rings. The molecule has 0 aliphatic carbocycles. The van der Waals surface area contributed by atoms with Crippen LogP contribution in [-0.2, 0) is 19.4 Å². The number of sulfone groups is 1. The van der Waals surface area contributed by atoms with Gasteiger partial charge in [0.25, 0.3) is 0 Å². The molecule has 1 saturated heterocycles. The highest BCUT2D eigenvalue weighted by atomic mass is 32.2. The van der Waals surface area contributed by atoms with Gasteiger partial charge in [-0.15, -0.1) is 0 Å². The van der Waals surface area contributed by atoms with Crippen LogP contribution in [0.25, 0.3) is 10.2 Å². The molecule has 38 heavy (non-hydrogen) atoms. The van der Waals surface area contributed by atoms with E-state index in [1.807, 2.05) is 65.6 Å². The number of nitrogens with zero attached hydrogens (tertiary/aromatic N) is 2. The van der Waals surface area contributed by atoms with Crippen molar-refractivity contribution in [2.45, 2.75) is 30.1 Å². The average Bonchev–Trinajstić information content (AvgIpc) is 3.31. The normalized spacial score (nSPS) is 14.6. The molecule has 1 aromatic heterocycles. The second kappa shape index (κ2) is 11.0. The third-order valence-electron chi connectivity index (χ3n) is 6.95. The second-order valence-corrected chi connectivity index (χ2v) is 12.7. The van der Waals surface area contributed by atoms with Crippen LogP contribution in [0.15, 0.2) is 83.8 Å². The summed E-state index contributed by atoms with van der Waals surface area (Å²) in [4.78, 5) is 33.0. The number of carbonyl (C=O) groups excluding carboxylic acids is 2. The minimum atomic E-state index is -3.31. The van der Waals surface area contributed by atoms with E-state index in [0.29, 0.717) is 34.9 Å². The maximum Gasteiger partial charge on any atom is 0.234 e. The van der Waals surface area contributed by atoms with E-state index in [1.165, 1.54) is 23.7 Å². The lowest BCUT2D eigenvalue weighted by Gasteiger charge is -2.34. The van der Waals surface area contributed by atoms with E-state index in [0.717, 1.165) is 24.0 Å². The number of anilines is 1. The van der Waals surface area contributed by atoms with Gasteiger partial charge >= 0.3 is 0 Å². The third-order valence-corrected chi connectivity index (χ3v) is 8.99. The Labute approximate surface area is 226 Å². The molecule has 196 valence electrons. The van der Waals surface area contributed by atoms with Gasteiger partial charge in [0.05, 0.1) is 21.0 Å². The van der Waals surface area contributed by atoms with Crippen LogP contribution in [0.2, 0.25) is 0 Å². The van der Waals surface area contributed by atoms with Crippen LogP contribution in [0.1, 0.15) is 36.3 Å². The molecule has 0 spiro atoms. The number of nitrogens with one attached hydrogen (secondary N) is 1. The maximum absolute atomic E-state index is 13.6. The lowest BCUT2D eigenvalue weighted by molar-refractivity contribution is -0.133. The van der Waals surface area contributed by atoms with Gasteiger partial charge in [0.2, 0.25) is 11.8 Å². The van der Waals surface area contributed by atoms with E-state index < -0.39 is 9.84 Å². The van der Waals surface area contributed by atoms with E-state index in [9.17, 15) is 18.0 Å². The molecule has 3 aromatic carbocycles. The minimum absolute atomic E-state index is 0.0910. The van der Waals surface area contributed by atoms with Crippen molar-refractivity contribution >= 4 is 48.3 Å². The van der Waals surface area contributed by atoms with Crippen LogP contribution in [0.3, 0.4) is 0 Å². The topological polar surface area (TPSA) is 96.4 Å². The van der Waals surface area contributed by atoms with Crippen molar-refractivity contribution in [3.05, 3.63) is 90.0 Å². The molecular weight excluding hydrogens is 518 g/mol. The van der Waals surface area contributed by atoms with Crippen molar-refractivity contribution in [1.82, 2.24) is 9.88 Å². The van der Waals surface area contributed by atoms with E-state index in [-0.39, 0.29) is 28.5 Å². The van der Waals surface area contributed by atoms with Gasteiger partial charge < -0.3 is 10.2 Å². The molecule has 0 saturated carbocycles. The van der Waals surface area contributed by atoms with Gasteiger partial charge in [0, 0.05) is 25.8 Å². The standard InChI is InChI=1S/C29H29N3O4S2/c1-38(35,36)23-12-13-24-25(19-23)37-29(30-24)31-26(33)18-20-14-16-32(17-15-20)28(34)27(21-8-4-2-5-9-21)22-10-6-3-7-11-22/h2-13,19-20,27H,14-18H2,1H3,(H,30,31,33). The zero-order valence-electron chi connectivity index (χ0n) is 21.0. The molecule has 4 aromatic rings. The lowest BCUT2D eigenvalue weighted by Crippen LogP contribution is -2.42. The summed E-state index contributed by atoms with van der Waals surface area (Å²) >= 11 is 1.26. The predicted octanol–water partition coefficient (Wildman–Crippen LogP) is 5.10. The Bertz CT molecular complexity index is 1510. The average molecular weight is 548 g/mol. The van der Waals surface area contributed by atoms with Crippen molar-refractivity contribution < 1.29 is 18.0 Å². The summed E-state index contributed by atoms with van der Waals surface area (Å²) in [5.74, 6) is -0.200. The number of fused-ring (bicyclic) bond motifs is 1. The maximum atomic E-state index is 13.6. The Morgan fingerprint density at radius 3 is 2.16 bits per heavy atom. The number of thiazole rings is 1. The van der Waals surface area contributed by atoms with Crippen LogP contribution >= 0.6 is 11.3 Å². The van der Waals surface area contributed by atoms with Gasteiger partial charge in [-0.2, -0.15) is 0 Å². The summed E-state index contributed by atoms with van der Waals surface area (Å²) in [5.41, 5.74) is 2.60. The Morgan fingerprint density at radius 1 is 0.974 bits per heavy atom. The van der Waals surface area contributed by atoms with Crippen LogP contribution in [0, 0.1) is 5.92 Å². The fourth-order valence-electron chi connectivity index (χ4n) is 4.93. The van der Waals surface area contributed by atoms with Crippen molar-refractivity contribution in [2.75, 3.05) is 24.7 Å². The monoisotopic (exact) mass is 547 g/mol. The molecule has 2 amide bonds. The summed E-state index contributed by atoms with van der Waals surface area (Å²) in [6.07, 6.45) is 3.04. The van der Waals surface area contributed by atoms with Gasteiger partial charge in [0.1, 0.15) is 0 Å².